The molecule has 0 aliphatic carbocycles. The lowest BCUT2D eigenvalue weighted by Crippen LogP contribution is -2.30. The molecule has 0 bridgehead atoms. The van der Waals surface area contributed by atoms with Gasteiger partial charge in [-0.2, -0.15) is 0 Å². The lowest BCUT2D eigenvalue weighted by atomic mass is 10.1. The number of aryl methyl sites for hydroxylation is 1. The highest BCUT2D eigenvalue weighted by Crippen LogP contribution is 2.22. The van der Waals surface area contributed by atoms with Gasteiger partial charge in [-0.05, 0) is 30.5 Å². The minimum atomic E-state index is -0.157. The van der Waals surface area contributed by atoms with E-state index in [2.05, 4.69) is 12.2 Å². The molecule has 0 spiro atoms. The summed E-state index contributed by atoms with van der Waals surface area (Å²) in [6.45, 7) is 3.25. The van der Waals surface area contributed by atoms with Crippen LogP contribution in [0.1, 0.15) is 18.9 Å². The largest absolute Gasteiger partial charge is 0.482 e. The number of nitrogens with two attached hydrogens (primary N) is 1. The first kappa shape index (κ1) is 15.3. The number of methoxy groups -OCH3 is 1. The number of carbonyl (C=O) groups excluding carboxylic acids is 1. The van der Waals surface area contributed by atoms with Gasteiger partial charge in [0.25, 0.3) is 5.91 Å². The Kier molecular flexibility index (Phi) is 6.74. The molecule has 0 atom stereocenters. The van der Waals surface area contributed by atoms with Crippen LogP contribution < -0.4 is 15.8 Å². The van der Waals surface area contributed by atoms with Gasteiger partial charge in [-0.1, -0.05) is 13.0 Å². The summed E-state index contributed by atoms with van der Waals surface area (Å²) in [6.07, 6.45) is 1.71. The Balaban J connectivity index is 2.33. The van der Waals surface area contributed by atoms with E-state index in [0.717, 1.165) is 18.4 Å². The number of hydrogen-bond donors (Lipinski definition) is 2. The van der Waals surface area contributed by atoms with Crippen LogP contribution in [0.4, 0.5) is 5.69 Å². The number of benzene rings is 1. The van der Waals surface area contributed by atoms with Crippen LogP contribution in [0.5, 0.6) is 5.75 Å². The van der Waals surface area contributed by atoms with Gasteiger partial charge in [-0.3, -0.25) is 4.79 Å². The summed E-state index contributed by atoms with van der Waals surface area (Å²) in [5.41, 5.74) is 7.56. The Morgan fingerprint density at radius 1 is 1.42 bits per heavy atom. The summed E-state index contributed by atoms with van der Waals surface area (Å²) < 4.78 is 10.3. The fourth-order valence-corrected chi connectivity index (χ4v) is 1.59. The molecule has 1 aromatic carbocycles. The first-order valence-electron chi connectivity index (χ1n) is 6.44. The van der Waals surface area contributed by atoms with Crippen molar-refractivity contribution >= 4 is 11.6 Å². The second-order valence-corrected chi connectivity index (χ2v) is 4.21. The molecule has 0 saturated carbocycles. The van der Waals surface area contributed by atoms with E-state index in [1.807, 2.05) is 12.1 Å². The van der Waals surface area contributed by atoms with Crippen LogP contribution in [0.2, 0.25) is 0 Å². The van der Waals surface area contributed by atoms with Gasteiger partial charge in [-0.25, -0.2) is 0 Å². The van der Waals surface area contributed by atoms with Crippen molar-refractivity contribution in [3.8, 4) is 5.75 Å². The van der Waals surface area contributed by atoms with Crippen molar-refractivity contribution in [3.05, 3.63) is 23.8 Å². The second kappa shape index (κ2) is 8.37. The van der Waals surface area contributed by atoms with Gasteiger partial charge in [0.1, 0.15) is 5.75 Å². The van der Waals surface area contributed by atoms with Gasteiger partial charge in [0.15, 0.2) is 6.61 Å². The Bertz CT molecular complexity index is 408. The maximum atomic E-state index is 11.5. The smallest absolute Gasteiger partial charge is 0.257 e. The lowest BCUT2D eigenvalue weighted by molar-refractivity contribution is -0.123. The van der Waals surface area contributed by atoms with Crippen molar-refractivity contribution in [1.29, 1.82) is 0 Å². The topological polar surface area (TPSA) is 73.6 Å². The molecule has 106 valence electrons. The van der Waals surface area contributed by atoms with Crippen LogP contribution >= 0.6 is 0 Å². The summed E-state index contributed by atoms with van der Waals surface area (Å²) in [5.74, 6) is 0.388. The molecular formula is C14H22N2O3. The second-order valence-electron chi connectivity index (χ2n) is 4.21. The van der Waals surface area contributed by atoms with Crippen molar-refractivity contribution in [3.63, 3.8) is 0 Å². The maximum absolute atomic E-state index is 11.5. The molecule has 0 saturated heterocycles. The first-order chi connectivity index (χ1) is 9.17. The fraction of sp³-hybridized carbons (Fsp3) is 0.500. The number of anilines is 1. The molecule has 5 nitrogen and oxygen atoms in total. The number of rotatable bonds is 8. The van der Waals surface area contributed by atoms with Crippen molar-refractivity contribution in [2.45, 2.75) is 19.8 Å². The summed E-state index contributed by atoms with van der Waals surface area (Å²) in [4.78, 5) is 11.5. The molecular weight excluding hydrogens is 244 g/mol. The maximum Gasteiger partial charge on any atom is 0.257 e. The van der Waals surface area contributed by atoms with Crippen LogP contribution in [0.25, 0.3) is 0 Å². The molecule has 0 radical (unpaired) electrons. The zero-order valence-corrected chi connectivity index (χ0v) is 11.6. The molecule has 1 aromatic rings. The van der Waals surface area contributed by atoms with Crippen LogP contribution in [-0.2, 0) is 16.0 Å². The normalized spacial score (nSPS) is 10.2. The SMILES string of the molecule is CCc1ccc(OCC(=O)NCCCOC)c(N)c1. The van der Waals surface area contributed by atoms with Crippen LogP contribution in [-0.4, -0.2) is 32.8 Å². The van der Waals surface area contributed by atoms with Gasteiger partial charge in [0.05, 0.1) is 5.69 Å². The fourth-order valence-electron chi connectivity index (χ4n) is 1.59. The van der Waals surface area contributed by atoms with E-state index in [4.69, 9.17) is 15.2 Å². The van der Waals surface area contributed by atoms with E-state index in [0.29, 0.717) is 24.6 Å². The Morgan fingerprint density at radius 2 is 2.21 bits per heavy atom. The molecule has 3 N–H and O–H groups in total. The van der Waals surface area contributed by atoms with Crippen molar-refractivity contribution in [2.24, 2.45) is 0 Å². The van der Waals surface area contributed by atoms with Crippen LogP contribution in [0.15, 0.2) is 18.2 Å². The molecule has 0 heterocycles. The van der Waals surface area contributed by atoms with Gasteiger partial charge in [-0.15, -0.1) is 0 Å². The molecule has 1 rings (SSSR count). The molecule has 0 aliphatic rings. The number of hydrogen-bond acceptors (Lipinski definition) is 4. The third kappa shape index (κ3) is 5.61. The molecule has 19 heavy (non-hydrogen) atoms. The quantitative estimate of drug-likeness (QED) is 0.550. The Morgan fingerprint density at radius 3 is 2.84 bits per heavy atom. The van der Waals surface area contributed by atoms with E-state index in [-0.39, 0.29) is 12.5 Å². The highest BCUT2D eigenvalue weighted by Gasteiger charge is 2.05. The van der Waals surface area contributed by atoms with Gasteiger partial charge < -0.3 is 20.5 Å². The van der Waals surface area contributed by atoms with Gasteiger partial charge in [0, 0.05) is 20.3 Å². The predicted molar refractivity (Wildman–Crippen MR) is 75.2 cm³/mol. The average Bonchev–Trinajstić information content (AvgIpc) is 2.42. The monoisotopic (exact) mass is 266 g/mol. The van der Waals surface area contributed by atoms with E-state index in [9.17, 15) is 4.79 Å². The summed E-state index contributed by atoms with van der Waals surface area (Å²) in [7, 11) is 1.63. The number of carbonyl (C=O) groups is 1. The minimum absolute atomic E-state index is 0.0251. The molecule has 0 aromatic heterocycles. The zero-order valence-electron chi connectivity index (χ0n) is 11.6. The van der Waals surface area contributed by atoms with Gasteiger partial charge in [0.2, 0.25) is 0 Å². The molecule has 0 fully saturated rings. The number of ether oxygens (including phenoxy) is 2. The molecule has 0 unspecified atom stereocenters. The van der Waals surface area contributed by atoms with Crippen molar-refractivity contribution < 1.29 is 14.3 Å². The molecule has 0 aliphatic heterocycles. The third-order valence-electron chi connectivity index (χ3n) is 2.69. The van der Waals surface area contributed by atoms with Crippen LogP contribution in [0.3, 0.4) is 0 Å². The number of nitrogens with one attached hydrogen (secondary N) is 1. The van der Waals surface area contributed by atoms with E-state index in [1.54, 1.807) is 13.2 Å². The van der Waals surface area contributed by atoms with E-state index >= 15 is 0 Å². The zero-order chi connectivity index (χ0) is 14.1. The molecule has 5 heteroatoms. The van der Waals surface area contributed by atoms with E-state index < -0.39 is 0 Å². The minimum Gasteiger partial charge on any atom is -0.482 e. The Labute approximate surface area is 114 Å². The summed E-state index contributed by atoms with van der Waals surface area (Å²) in [5, 5.41) is 2.74. The predicted octanol–water partition coefficient (Wildman–Crippen LogP) is 1.36. The standard InChI is InChI=1S/C14H22N2O3/c1-3-11-5-6-13(12(15)9-11)19-10-14(17)16-7-4-8-18-2/h5-6,9H,3-4,7-8,10,15H2,1-2H3,(H,16,17). The highest BCUT2D eigenvalue weighted by atomic mass is 16.5. The van der Waals surface area contributed by atoms with Crippen molar-refractivity contribution in [2.75, 3.05) is 32.6 Å². The average molecular weight is 266 g/mol. The Hall–Kier alpha value is -1.75. The highest BCUT2D eigenvalue weighted by molar-refractivity contribution is 5.77. The van der Waals surface area contributed by atoms with Gasteiger partial charge >= 0.3 is 0 Å². The van der Waals surface area contributed by atoms with E-state index in [1.165, 1.54) is 0 Å². The lowest BCUT2D eigenvalue weighted by Gasteiger charge is -2.10. The third-order valence-corrected chi connectivity index (χ3v) is 2.69. The summed E-state index contributed by atoms with van der Waals surface area (Å²) >= 11 is 0. The number of amides is 1. The van der Waals surface area contributed by atoms with Crippen molar-refractivity contribution in [1.82, 2.24) is 5.32 Å². The summed E-state index contributed by atoms with van der Waals surface area (Å²) in [6, 6.07) is 5.61. The number of nitrogen functional groups attached to an aromatic ring is 1. The van der Waals surface area contributed by atoms with Crippen LogP contribution in [0, 0.1) is 0 Å². The first-order valence-corrected chi connectivity index (χ1v) is 6.44. The molecule has 1 amide bonds.